The summed E-state index contributed by atoms with van der Waals surface area (Å²) in [6, 6.07) is 0. The molecule has 0 aromatic rings. The quantitative estimate of drug-likeness (QED) is 0.200. The molecule has 0 aromatic carbocycles. The minimum absolute atomic E-state index is 0.149. The van der Waals surface area contributed by atoms with Crippen LogP contribution in [-0.2, 0) is 44.2 Å². The van der Waals surface area contributed by atoms with Crippen molar-refractivity contribution in [2.75, 3.05) is 65.4 Å². The molecular formula is C15H32O4S2Sn. The molecule has 0 unspecified atom stereocenters. The Morgan fingerprint density at radius 3 is 1.41 bits per heavy atom. The third-order valence-corrected chi connectivity index (χ3v) is 7.05. The summed E-state index contributed by atoms with van der Waals surface area (Å²) in [5.74, 6) is 1.65. The first kappa shape index (κ1) is 25.6. The van der Waals surface area contributed by atoms with Crippen molar-refractivity contribution in [3.05, 3.63) is 0 Å². The maximum Gasteiger partial charge on any atom is -0.0972 e. The van der Waals surface area contributed by atoms with Crippen LogP contribution >= 0.6 is 0 Å². The molecule has 0 spiro atoms. The number of rotatable bonds is 16. The molecule has 0 aliphatic heterocycles. The first-order chi connectivity index (χ1) is 10.8. The Hall–Kier alpha value is 1.34. The van der Waals surface area contributed by atoms with E-state index in [-0.39, 0.29) is 21.1 Å². The van der Waals surface area contributed by atoms with E-state index >= 15 is 0 Å². The number of methoxy groups -OCH3 is 2. The van der Waals surface area contributed by atoms with Crippen LogP contribution in [-0.4, -0.2) is 86.5 Å². The SMILES string of the molecule is COCCOCC[CH2][Sn+2][CH2]CCOCCOC.[S-]CCC[S-]. The fourth-order valence-electron chi connectivity index (χ4n) is 1.27. The van der Waals surface area contributed by atoms with Gasteiger partial charge in [0.15, 0.2) is 0 Å². The zero-order chi connectivity index (χ0) is 16.7. The summed E-state index contributed by atoms with van der Waals surface area (Å²) in [4.78, 5) is 0. The van der Waals surface area contributed by atoms with Crippen LogP contribution in [0, 0.1) is 0 Å². The third kappa shape index (κ3) is 29.4. The summed E-state index contributed by atoms with van der Waals surface area (Å²) in [7, 11) is 3.40. The van der Waals surface area contributed by atoms with Gasteiger partial charge in [0.25, 0.3) is 0 Å². The summed E-state index contributed by atoms with van der Waals surface area (Å²) < 4.78 is 23.5. The molecule has 0 atom stereocenters. The van der Waals surface area contributed by atoms with Gasteiger partial charge in [0.2, 0.25) is 0 Å². The van der Waals surface area contributed by atoms with Gasteiger partial charge >= 0.3 is 116 Å². The topological polar surface area (TPSA) is 36.9 Å². The smallest absolute Gasteiger partial charge is 0.0972 e. The van der Waals surface area contributed by atoms with Crippen molar-refractivity contribution in [2.45, 2.75) is 28.1 Å². The molecule has 0 bridgehead atoms. The molecule has 132 valence electrons. The van der Waals surface area contributed by atoms with E-state index in [2.05, 4.69) is 25.3 Å². The molecule has 4 nitrogen and oxygen atoms in total. The molecule has 0 aliphatic carbocycles. The Balaban J connectivity index is 0. The van der Waals surface area contributed by atoms with Crippen LogP contribution in [0.25, 0.3) is 0 Å². The van der Waals surface area contributed by atoms with Gasteiger partial charge in [-0.25, -0.2) is 0 Å². The Labute approximate surface area is 158 Å². The van der Waals surface area contributed by atoms with Crippen molar-refractivity contribution in [3.63, 3.8) is 0 Å². The van der Waals surface area contributed by atoms with Crippen LogP contribution in [0.15, 0.2) is 0 Å². The number of hydrogen-bond acceptors (Lipinski definition) is 6. The van der Waals surface area contributed by atoms with E-state index in [0.29, 0.717) is 13.2 Å². The van der Waals surface area contributed by atoms with Crippen LogP contribution in [0.4, 0.5) is 0 Å². The van der Waals surface area contributed by atoms with Crippen molar-refractivity contribution in [2.24, 2.45) is 0 Å². The van der Waals surface area contributed by atoms with Gasteiger partial charge in [0, 0.05) is 0 Å². The van der Waals surface area contributed by atoms with E-state index in [1.54, 1.807) is 14.2 Å². The monoisotopic (exact) mass is 460 g/mol. The number of hydrogen-bond donors (Lipinski definition) is 0. The van der Waals surface area contributed by atoms with E-state index in [1.807, 2.05) is 0 Å². The largest absolute Gasteiger partial charge is 0.793 e. The Morgan fingerprint density at radius 2 is 1.09 bits per heavy atom. The standard InChI is InChI=1S/2C6H13O2.C3H8S2.Sn/c2*1-3-4-8-6-5-7-2;4-2-1-3-5;/h2*1,3-6H2,2H3;4-5H,1-3H2;/q;;;+2/p-2. The first-order valence-corrected chi connectivity index (χ1v) is 13.0. The van der Waals surface area contributed by atoms with Crippen molar-refractivity contribution in [3.8, 4) is 0 Å². The van der Waals surface area contributed by atoms with Crippen molar-refractivity contribution < 1.29 is 18.9 Å². The fourth-order valence-corrected chi connectivity index (χ4v) is 4.71. The summed E-state index contributed by atoms with van der Waals surface area (Å²) in [6.45, 7) is 4.67. The van der Waals surface area contributed by atoms with Crippen molar-refractivity contribution in [1.82, 2.24) is 0 Å². The Morgan fingerprint density at radius 1 is 0.636 bits per heavy atom. The Kier molecular flexibility index (Phi) is 31.6. The molecule has 0 aromatic heterocycles. The molecule has 0 amide bonds. The Bertz CT molecular complexity index is 164. The number of ether oxygens (including phenoxy) is 4. The van der Waals surface area contributed by atoms with Crippen LogP contribution in [0.3, 0.4) is 0 Å². The zero-order valence-corrected chi connectivity index (χ0v) is 18.6. The van der Waals surface area contributed by atoms with Crippen molar-refractivity contribution in [1.29, 1.82) is 0 Å². The van der Waals surface area contributed by atoms with Crippen LogP contribution < -0.4 is 0 Å². The second kappa shape index (κ2) is 27.2. The molecule has 0 saturated heterocycles. The summed E-state index contributed by atoms with van der Waals surface area (Å²) in [6.07, 6.45) is 3.46. The van der Waals surface area contributed by atoms with Crippen LogP contribution in [0.2, 0.25) is 8.87 Å². The van der Waals surface area contributed by atoms with Gasteiger partial charge in [-0.15, -0.1) is 0 Å². The maximum absolute atomic E-state index is 5.41. The maximum atomic E-state index is 5.41. The molecule has 7 heteroatoms. The molecule has 0 radical (unpaired) electrons. The first-order valence-electron chi connectivity index (χ1n) is 7.83. The minimum Gasteiger partial charge on any atom is -0.793 e. The van der Waals surface area contributed by atoms with E-state index in [9.17, 15) is 0 Å². The van der Waals surface area contributed by atoms with E-state index in [4.69, 9.17) is 18.9 Å². The van der Waals surface area contributed by atoms with Gasteiger partial charge in [0.1, 0.15) is 0 Å². The molecule has 22 heavy (non-hydrogen) atoms. The average Bonchev–Trinajstić information content (AvgIpc) is 2.53. The summed E-state index contributed by atoms with van der Waals surface area (Å²) in [5, 5.41) is 0. The van der Waals surface area contributed by atoms with E-state index in [1.165, 1.54) is 21.7 Å². The third-order valence-electron chi connectivity index (χ3n) is 2.44. The van der Waals surface area contributed by atoms with Crippen LogP contribution in [0.1, 0.15) is 19.3 Å². The second-order valence-corrected chi connectivity index (χ2v) is 9.53. The predicted octanol–water partition coefficient (Wildman–Crippen LogP) is 2.10. The fraction of sp³-hybridized carbons (Fsp3) is 1.00. The van der Waals surface area contributed by atoms with Gasteiger partial charge in [-0.2, -0.15) is 11.5 Å². The predicted molar refractivity (Wildman–Crippen MR) is 99.1 cm³/mol. The normalized spacial score (nSPS) is 10.0. The molecule has 0 heterocycles. The molecule has 0 N–H and O–H groups in total. The minimum atomic E-state index is -0.149. The van der Waals surface area contributed by atoms with Gasteiger partial charge < -0.3 is 25.3 Å². The molecule has 0 rings (SSSR count). The molecule has 0 aliphatic rings. The molecular weight excluding hydrogens is 427 g/mol. The average molecular weight is 459 g/mol. The van der Waals surface area contributed by atoms with Gasteiger partial charge in [-0.1, -0.05) is 6.42 Å². The summed E-state index contributed by atoms with van der Waals surface area (Å²) >= 11 is 9.02. The van der Waals surface area contributed by atoms with Gasteiger partial charge in [-0.05, 0) is 0 Å². The second-order valence-electron chi connectivity index (χ2n) is 4.43. The van der Waals surface area contributed by atoms with Crippen molar-refractivity contribution >= 4 is 46.4 Å². The van der Waals surface area contributed by atoms with E-state index < -0.39 is 0 Å². The van der Waals surface area contributed by atoms with E-state index in [0.717, 1.165) is 44.4 Å². The van der Waals surface area contributed by atoms with Gasteiger partial charge in [-0.3, -0.25) is 0 Å². The molecule has 0 fully saturated rings. The van der Waals surface area contributed by atoms with Crippen LogP contribution in [0.5, 0.6) is 0 Å². The van der Waals surface area contributed by atoms with Gasteiger partial charge in [0.05, 0.1) is 0 Å². The zero-order valence-electron chi connectivity index (χ0n) is 14.1. The summed E-state index contributed by atoms with van der Waals surface area (Å²) in [5.41, 5.74) is 0. The molecule has 0 saturated carbocycles.